The lowest BCUT2D eigenvalue weighted by Crippen LogP contribution is -2.00. The summed E-state index contributed by atoms with van der Waals surface area (Å²) in [5.41, 5.74) is 4.18. The number of rotatable bonds is 2. The molecule has 72 valence electrons. The highest BCUT2D eigenvalue weighted by molar-refractivity contribution is 7.99. The van der Waals surface area contributed by atoms with Crippen LogP contribution in [0.5, 0.6) is 0 Å². The van der Waals surface area contributed by atoms with Gasteiger partial charge in [0.05, 0.1) is 0 Å². The van der Waals surface area contributed by atoms with Crippen LogP contribution in [0.25, 0.3) is 0 Å². The number of benzene rings is 1. The Bertz CT molecular complexity index is 328. The molecule has 13 heavy (non-hydrogen) atoms. The predicted molar refractivity (Wildman–Crippen MR) is 47.1 cm³/mol. The van der Waals surface area contributed by atoms with Gasteiger partial charge in [-0.15, -0.1) is 11.8 Å². The molecule has 0 saturated carbocycles. The quantitative estimate of drug-likeness (QED) is 0.458. The minimum atomic E-state index is -1.31. The summed E-state index contributed by atoms with van der Waals surface area (Å²) in [4.78, 5) is -0.0494. The Balaban J connectivity index is 3.24. The van der Waals surface area contributed by atoms with E-state index in [2.05, 4.69) is 0 Å². The molecule has 0 radical (unpaired) electrons. The van der Waals surface area contributed by atoms with Crippen LogP contribution in [0, 0.1) is 17.5 Å². The molecular weight excluding hydrogens is 199 g/mol. The number of nitrogen functional groups attached to an aromatic ring is 1. The van der Waals surface area contributed by atoms with Crippen molar-refractivity contribution in [3.63, 3.8) is 0 Å². The molecule has 0 amide bonds. The Morgan fingerprint density at radius 3 is 2.46 bits per heavy atom. The molecule has 0 saturated heterocycles. The van der Waals surface area contributed by atoms with Crippen molar-refractivity contribution >= 4 is 17.4 Å². The summed E-state index contributed by atoms with van der Waals surface area (Å²) in [7, 11) is 0. The van der Waals surface area contributed by atoms with Gasteiger partial charge < -0.3 is 5.73 Å². The van der Waals surface area contributed by atoms with Crippen molar-refractivity contribution in [2.45, 2.75) is 11.8 Å². The molecule has 0 aliphatic rings. The topological polar surface area (TPSA) is 26.0 Å². The van der Waals surface area contributed by atoms with E-state index in [-0.39, 0.29) is 4.90 Å². The van der Waals surface area contributed by atoms with Crippen LogP contribution in [-0.4, -0.2) is 5.75 Å². The van der Waals surface area contributed by atoms with E-state index < -0.39 is 23.1 Å². The van der Waals surface area contributed by atoms with Crippen LogP contribution in [0.1, 0.15) is 6.92 Å². The molecule has 1 nitrogen and oxygen atoms in total. The monoisotopic (exact) mass is 207 g/mol. The van der Waals surface area contributed by atoms with E-state index in [1.807, 2.05) is 0 Å². The van der Waals surface area contributed by atoms with Gasteiger partial charge in [0, 0.05) is 4.90 Å². The summed E-state index contributed by atoms with van der Waals surface area (Å²) in [6.07, 6.45) is 0. The average molecular weight is 207 g/mol. The summed E-state index contributed by atoms with van der Waals surface area (Å²) in [6.45, 7) is 1.76. The van der Waals surface area contributed by atoms with Gasteiger partial charge >= 0.3 is 0 Å². The van der Waals surface area contributed by atoms with Gasteiger partial charge in [-0.25, -0.2) is 13.2 Å². The number of halogens is 3. The number of hydrogen-bond acceptors (Lipinski definition) is 2. The zero-order valence-corrected chi connectivity index (χ0v) is 7.72. The number of thioether (sulfide) groups is 1. The average Bonchev–Trinajstić information content (AvgIpc) is 2.11. The molecule has 0 fully saturated rings. The van der Waals surface area contributed by atoms with Gasteiger partial charge in [0.15, 0.2) is 11.6 Å². The minimum absolute atomic E-state index is 0.0494. The van der Waals surface area contributed by atoms with Gasteiger partial charge in [-0.2, -0.15) is 0 Å². The molecule has 2 N–H and O–H groups in total. The molecule has 1 aromatic rings. The Hall–Kier alpha value is -0.840. The van der Waals surface area contributed by atoms with Gasteiger partial charge in [0.1, 0.15) is 11.5 Å². The summed E-state index contributed by atoms with van der Waals surface area (Å²) in [6, 6.07) is 0.905. The predicted octanol–water partition coefficient (Wildman–Crippen LogP) is 2.80. The van der Waals surface area contributed by atoms with Crippen molar-refractivity contribution in [3.8, 4) is 0 Å². The van der Waals surface area contributed by atoms with Crippen molar-refractivity contribution in [1.82, 2.24) is 0 Å². The molecule has 0 aliphatic heterocycles. The third kappa shape index (κ3) is 1.91. The van der Waals surface area contributed by atoms with E-state index in [9.17, 15) is 13.2 Å². The van der Waals surface area contributed by atoms with Gasteiger partial charge in [-0.3, -0.25) is 0 Å². The summed E-state index contributed by atoms with van der Waals surface area (Å²) >= 11 is 1.03. The van der Waals surface area contributed by atoms with Crippen LogP contribution in [0.4, 0.5) is 18.9 Å². The minimum Gasteiger partial charge on any atom is -0.394 e. The van der Waals surface area contributed by atoms with Gasteiger partial charge in [0.25, 0.3) is 0 Å². The standard InChI is InChI=1S/C8H8F3NS/c1-2-13-5-3-4(9)8(12)7(11)6(5)10/h3H,2,12H2,1H3. The van der Waals surface area contributed by atoms with E-state index >= 15 is 0 Å². The van der Waals surface area contributed by atoms with E-state index in [0.717, 1.165) is 17.8 Å². The second kappa shape index (κ2) is 3.91. The zero-order valence-electron chi connectivity index (χ0n) is 6.90. The maximum Gasteiger partial charge on any atom is 0.185 e. The highest BCUT2D eigenvalue weighted by atomic mass is 32.2. The first-order valence-electron chi connectivity index (χ1n) is 3.63. The van der Waals surface area contributed by atoms with Crippen molar-refractivity contribution in [2.75, 3.05) is 11.5 Å². The Kier molecular flexibility index (Phi) is 3.08. The molecule has 0 bridgehead atoms. The Morgan fingerprint density at radius 2 is 1.92 bits per heavy atom. The first-order valence-corrected chi connectivity index (χ1v) is 4.62. The lowest BCUT2D eigenvalue weighted by atomic mass is 10.3. The van der Waals surface area contributed by atoms with Crippen LogP contribution in [0.2, 0.25) is 0 Å². The van der Waals surface area contributed by atoms with Crippen molar-refractivity contribution in [3.05, 3.63) is 23.5 Å². The van der Waals surface area contributed by atoms with E-state index in [4.69, 9.17) is 5.73 Å². The number of anilines is 1. The third-order valence-corrected chi connectivity index (χ3v) is 2.36. The second-order valence-electron chi connectivity index (χ2n) is 2.33. The normalized spacial score (nSPS) is 10.5. The SMILES string of the molecule is CCSc1cc(F)c(N)c(F)c1F. The van der Waals surface area contributed by atoms with Crippen LogP contribution < -0.4 is 5.73 Å². The third-order valence-electron chi connectivity index (χ3n) is 1.46. The largest absolute Gasteiger partial charge is 0.394 e. The molecule has 0 aliphatic carbocycles. The number of nitrogens with two attached hydrogens (primary N) is 1. The Labute approximate surface area is 78.1 Å². The lowest BCUT2D eigenvalue weighted by molar-refractivity contribution is 0.482. The molecule has 0 atom stereocenters. The highest BCUT2D eigenvalue weighted by Gasteiger charge is 2.15. The molecule has 0 heterocycles. The van der Waals surface area contributed by atoms with Crippen LogP contribution >= 0.6 is 11.8 Å². The fourth-order valence-corrected chi connectivity index (χ4v) is 1.56. The van der Waals surface area contributed by atoms with E-state index in [1.165, 1.54) is 0 Å². The highest BCUT2D eigenvalue weighted by Crippen LogP contribution is 2.28. The molecule has 0 aromatic heterocycles. The number of hydrogen-bond donors (Lipinski definition) is 1. The smallest absolute Gasteiger partial charge is 0.185 e. The summed E-state index contributed by atoms with van der Waals surface area (Å²) < 4.78 is 38.6. The Morgan fingerprint density at radius 1 is 1.31 bits per heavy atom. The lowest BCUT2D eigenvalue weighted by Gasteiger charge is -2.05. The van der Waals surface area contributed by atoms with E-state index in [1.54, 1.807) is 6.92 Å². The summed E-state index contributed by atoms with van der Waals surface area (Å²) in [5, 5.41) is 0. The van der Waals surface area contributed by atoms with Gasteiger partial charge in [0.2, 0.25) is 0 Å². The molecule has 1 aromatic carbocycles. The van der Waals surface area contributed by atoms with Crippen molar-refractivity contribution in [2.24, 2.45) is 0 Å². The van der Waals surface area contributed by atoms with Gasteiger partial charge in [-0.05, 0) is 11.8 Å². The van der Waals surface area contributed by atoms with Crippen LogP contribution in [0.15, 0.2) is 11.0 Å². The van der Waals surface area contributed by atoms with Crippen LogP contribution in [0.3, 0.4) is 0 Å². The van der Waals surface area contributed by atoms with Gasteiger partial charge in [-0.1, -0.05) is 6.92 Å². The molecule has 1 rings (SSSR count). The first-order chi connectivity index (χ1) is 6.07. The van der Waals surface area contributed by atoms with E-state index in [0.29, 0.717) is 5.75 Å². The van der Waals surface area contributed by atoms with Crippen LogP contribution in [-0.2, 0) is 0 Å². The fourth-order valence-electron chi connectivity index (χ4n) is 0.848. The maximum absolute atomic E-state index is 13.0. The summed E-state index contributed by atoms with van der Waals surface area (Å²) in [5.74, 6) is -2.77. The molecule has 5 heteroatoms. The second-order valence-corrected chi connectivity index (χ2v) is 3.64. The molecular formula is C8H8F3NS. The first kappa shape index (κ1) is 10.2. The molecule has 0 unspecified atom stereocenters. The molecule has 0 spiro atoms. The zero-order chi connectivity index (χ0) is 10.0. The van der Waals surface area contributed by atoms with Crippen molar-refractivity contribution < 1.29 is 13.2 Å². The van der Waals surface area contributed by atoms with Crippen molar-refractivity contribution in [1.29, 1.82) is 0 Å². The fraction of sp³-hybridized carbons (Fsp3) is 0.250. The maximum atomic E-state index is 13.0.